The number of quaternary nitrogens is 1. The number of rotatable bonds is 20. The summed E-state index contributed by atoms with van der Waals surface area (Å²) in [6, 6.07) is 0. The van der Waals surface area contributed by atoms with Gasteiger partial charge in [0.15, 0.2) is 0 Å². The molecule has 0 aromatic carbocycles. The Bertz CT molecular complexity index is 660. The van der Waals surface area contributed by atoms with Crippen LogP contribution in [0.4, 0.5) is 0 Å². The van der Waals surface area contributed by atoms with Crippen molar-refractivity contribution in [2.24, 2.45) is 5.41 Å². The molecular formula is C33H71N4O4+. The summed E-state index contributed by atoms with van der Waals surface area (Å²) in [4.78, 5) is 37.7. The number of hydrogen-bond donors (Lipinski definition) is 1. The van der Waals surface area contributed by atoms with Gasteiger partial charge < -0.3 is 24.3 Å². The van der Waals surface area contributed by atoms with Gasteiger partial charge in [0.05, 0.1) is 46.4 Å². The van der Waals surface area contributed by atoms with E-state index in [1.807, 2.05) is 39.5 Å². The zero-order valence-corrected chi connectivity index (χ0v) is 29.7. The van der Waals surface area contributed by atoms with Gasteiger partial charge in [-0.15, -0.1) is 0 Å². The van der Waals surface area contributed by atoms with E-state index in [0.717, 1.165) is 49.7 Å². The molecule has 0 fully saturated rings. The fourth-order valence-corrected chi connectivity index (χ4v) is 3.99. The summed E-state index contributed by atoms with van der Waals surface area (Å²) < 4.78 is 7.02. The van der Waals surface area contributed by atoms with Crippen LogP contribution in [0, 0.1) is 5.41 Å². The second-order valence-electron chi connectivity index (χ2n) is 13.3. The number of unbranched alkanes of at least 4 members (excludes halogenated alkanes) is 3. The van der Waals surface area contributed by atoms with Gasteiger partial charge in [0.1, 0.15) is 0 Å². The van der Waals surface area contributed by atoms with Gasteiger partial charge in [0, 0.05) is 44.4 Å². The number of likely N-dealkylation sites (N-methyl/N-ethyl adjacent to an activating group) is 1. The molecule has 3 amide bonds. The van der Waals surface area contributed by atoms with Crippen LogP contribution in [0.2, 0.25) is 0 Å². The zero-order valence-electron chi connectivity index (χ0n) is 29.7. The van der Waals surface area contributed by atoms with Crippen LogP contribution >= 0.6 is 0 Å². The number of nitrogens with one attached hydrogen (secondary N) is 1. The van der Waals surface area contributed by atoms with Crippen molar-refractivity contribution in [2.45, 2.75) is 126 Å². The Kier molecular flexibility index (Phi) is 26.6. The van der Waals surface area contributed by atoms with Gasteiger partial charge in [0.25, 0.3) is 0 Å². The molecule has 0 bridgehead atoms. The molecule has 0 unspecified atom stereocenters. The highest BCUT2D eigenvalue weighted by molar-refractivity contribution is 5.76. The van der Waals surface area contributed by atoms with Crippen molar-refractivity contribution >= 4 is 18.2 Å². The third kappa shape index (κ3) is 26.9. The van der Waals surface area contributed by atoms with Gasteiger partial charge in [-0.2, -0.15) is 0 Å². The van der Waals surface area contributed by atoms with E-state index in [2.05, 4.69) is 61.1 Å². The molecule has 0 heterocycles. The lowest BCUT2D eigenvalue weighted by atomic mass is 9.93. The van der Waals surface area contributed by atoms with Crippen molar-refractivity contribution in [3.05, 3.63) is 0 Å². The maximum atomic E-state index is 12.3. The van der Waals surface area contributed by atoms with E-state index in [1.54, 1.807) is 4.90 Å². The minimum absolute atomic E-state index is 0.119. The normalized spacial score (nSPS) is 11.4. The zero-order chi connectivity index (χ0) is 32.5. The summed E-state index contributed by atoms with van der Waals surface area (Å²) in [6.45, 7) is 25.8. The number of carbonyl (C=O) groups is 3. The van der Waals surface area contributed by atoms with Crippen LogP contribution in [-0.2, 0) is 19.1 Å². The molecule has 0 radical (unpaired) electrons. The smallest absolute Gasteiger partial charge is 0.222 e. The molecule has 246 valence electrons. The number of hydrogen-bond acceptors (Lipinski definition) is 4. The number of ether oxygens (including phenoxy) is 1. The van der Waals surface area contributed by atoms with E-state index < -0.39 is 0 Å². The molecule has 0 saturated heterocycles. The maximum Gasteiger partial charge on any atom is 0.222 e. The van der Waals surface area contributed by atoms with Gasteiger partial charge in [-0.3, -0.25) is 14.4 Å². The Morgan fingerprint density at radius 1 is 0.805 bits per heavy atom. The molecule has 0 aliphatic heterocycles. The summed E-state index contributed by atoms with van der Waals surface area (Å²) in [7, 11) is 6.70. The molecule has 1 N–H and O–H groups in total. The molecule has 8 heteroatoms. The molecule has 8 nitrogen and oxygen atoms in total. The first-order chi connectivity index (χ1) is 19.0. The predicted octanol–water partition coefficient (Wildman–Crippen LogP) is 6.13. The highest BCUT2D eigenvalue weighted by atomic mass is 16.5. The van der Waals surface area contributed by atoms with Crippen LogP contribution in [0.1, 0.15) is 121 Å². The maximum absolute atomic E-state index is 12.3. The Balaban J connectivity index is -0.000000690. The van der Waals surface area contributed by atoms with Crippen molar-refractivity contribution in [3.63, 3.8) is 0 Å². The summed E-state index contributed by atoms with van der Waals surface area (Å²) >= 11 is 0. The van der Waals surface area contributed by atoms with E-state index >= 15 is 0 Å². The monoisotopic (exact) mass is 588 g/mol. The Hall–Kier alpha value is -1.67. The van der Waals surface area contributed by atoms with Gasteiger partial charge >= 0.3 is 0 Å². The van der Waals surface area contributed by atoms with E-state index in [9.17, 15) is 14.4 Å². The fourth-order valence-electron chi connectivity index (χ4n) is 3.99. The Morgan fingerprint density at radius 2 is 1.34 bits per heavy atom. The first-order valence-electron chi connectivity index (χ1n) is 16.1. The van der Waals surface area contributed by atoms with Gasteiger partial charge in [-0.1, -0.05) is 53.9 Å². The third-order valence-electron chi connectivity index (χ3n) is 6.60. The fraction of sp³-hybridized carbons (Fsp3) is 0.909. The highest BCUT2D eigenvalue weighted by Crippen LogP contribution is 2.21. The molecule has 0 atom stereocenters. The highest BCUT2D eigenvalue weighted by Gasteiger charge is 2.28. The van der Waals surface area contributed by atoms with Crippen molar-refractivity contribution in [1.29, 1.82) is 0 Å². The second-order valence-corrected chi connectivity index (χ2v) is 13.3. The molecule has 0 spiro atoms. The number of nitrogens with zero attached hydrogens (tertiary/aromatic N) is 3. The van der Waals surface area contributed by atoms with Crippen molar-refractivity contribution in [2.75, 3.05) is 67.1 Å². The van der Waals surface area contributed by atoms with Gasteiger partial charge in [-0.25, -0.2) is 0 Å². The summed E-state index contributed by atoms with van der Waals surface area (Å²) in [6.07, 6.45) is 8.93. The molecule has 0 aliphatic carbocycles. The van der Waals surface area contributed by atoms with Crippen LogP contribution in [0.25, 0.3) is 0 Å². The largest absolute Gasteiger partial charge is 0.378 e. The van der Waals surface area contributed by atoms with E-state index in [4.69, 9.17) is 4.74 Å². The van der Waals surface area contributed by atoms with Crippen molar-refractivity contribution in [1.82, 2.24) is 15.1 Å². The topological polar surface area (TPSA) is 79.0 Å². The van der Waals surface area contributed by atoms with Crippen LogP contribution in [0.15, 0.2) is 0 Å². The van der Waals surface area contributed by atoms with Gasteiger partial charge in [-0.05, 0) is 53.9 Å². The van der Waals surface area contributed by atoms with E-state index in [-0.39, 0.29) is 22.8 Å². The molecule has 0 aromatic heterocycles. The first-order valence-corrected chi connectivity index (χ1v) is 16.1. The minimum Gasteiger partial charge on any atom is -0.378 e. The Labute approximate surface area is 255 Å². The number of carbonyl (C=O) groups excluding carboxylic acids is 3. The molecule has 41 heavy (non-hydrogen) atoms. The first kappa shape index (κ1) is 43.8. The standard InChI is InChI=1S/C19H38N2O3.C7H15NO.C7H18N/c1-8-11-12-17(23)20(9-2)13-18(4,5)14-24-15-19(6,7)21(10-3)16-22;1-3-5-6-7(9)8-4-2;1-5-6-7-8(2,3)4/h16H,8-15H2,1-7H3;3-6H2,1-2H3,(H,8,9);5-7H2,1-4H3/q;;+1. The van der Waals surface area contributed by atoms with Crippen LogP contribution in [0.5, 0.6) is 0 Å². The Morgan fingerprint density at radius 3 is 1.73 bits per heavy atom. The molecule has 0 rings (SSSR count). The molecule has 0 saturated carbocycles. The van der Waals surface area contributed by atoms with Gasteiger partial charge in [0.2, 0.25) is 18.2 Å². The van der Waals surface area contributed by atoms with Crippen LogP contribution in [-0.4, -0.2) is 105 Å². The predicted molar refractivity (Wildman–Crippen MR) is 175 cm³/mol. The van der Waals surface area contributed by atoms with E-state index in [0.29, 0.717) is 39.1 Å². The lowest BCUT2D eigenvalue weighted by molar-refractivity contribution is -0.870. The van der Waals surface area contributed by atoms with E-state index in [1.165, 1.54) is 19.4 Å². The molecule has 0 aliphatic rings. The van der Waals surface area contributed by atoms with Crippen molar-refractivity contribution < 1.29 is 23.6 Å². The summed E-state index contributed by atoms with van der Waals surface area (Å²) in [5.74, 6) is 0.408. The quantitative estimate of drug-likeness (QED) is 0.137. The lowest BCUT2D eigenvalue weighted by Gasteiger charge is -2.37. The molecular weight excluding hydrogens is 516 g/mol. The second kappa shape index (κ2) is 24.9. The average molecular weight is 588 g/mol. The molecule has 0 aromatic rings. The van der Waals surface area contributed by atoms with Crippen LogP contribution in [0.3, 0.4) is 0 Å². The summed E-state index contributed by atoms with van der Waals surface area (Å²) in [5.41, 5.74) is -0.444. The number of amides is 3. The van der Waals surface area contributed by atoms with Crippen molar-refractivity contribution in [3.8, 4) is 0 Å². The average Bonchev–Trinajstić information content (AvgIpc) is 2.88. The summed E-state index contributed by atoms with van der Waals surface area (Å²) in [5, 5.41) is 2.74. The SMILES string of the molecule is CCCCC(=O)N(CC)CC(C)(C)COCC(C)(C)N(C=O)CC.CCCCC(=O)NCC.CCCC[N+](C)(C)C. The minimum atomic E-state index is -0.325. The lowest BCUT2D eigenvalue weighted by Crippen LogP contribution is -2.47. The third-order valence-corrected chi connectivity index (χ3v) is 6.60. The van der Waals surface area contributed by atoms with Crippen LogP contribution < -0.4 is 5.32 Å².